The molecule has 1 aromatic carbocycles. The number of halogens is 29. The van der Waals surface area contributed by atoms with E-state index < -0.39 is 120 Å². The van der Waals surface area contributed by atoms with E-state index in [-0.39, 0.29) is 18.2 Å². The van der Waals surface area contributed by atoms with Crippen LogP contribution in [-0.2, 0) is 29.6 Å². The summed E-state index contributed by atoms with van der Waals surface area (Å²) in [7, 11) is -3.76. The SMILES string of the molecule is C=C(C)C(=O)Nc1cccc(B(O)O)c1C(F)(OC(F)(F)C(F)(OC(F)(F)C(F)(OC(F)(F)C(F)(OC(F)(F)C(F)(F)C(F)(F)F)C(F)(F)F)C(F)(F)F)C(F)(F)F)C(F)(F)F. The maximum Gasteiger partial charge on any atom is 0.489 e. The van der Waals surface area contributed by atoms with Crippen LogP contribution in [0.25, 0.3) is 0 Å². The fourth-order valence-corrected chi connectivity index (χ4v) is 3.71. The highest BCUT2D eigenvalue weighted by Crippen LogP contribution is 2.62. The van der Waals surface area contributed by atoms with Gasteiger partial charge < -0.3 is 15.4 Å². The van der Waals surface area contributed by atoms with Crippen molar-refractivity contribution in [3.8, 4) is 0 Å². The van der Waals surface area contributed by atoms with E-state index in [0.717, 1.165) is 19.5 Å². The third kappa shape index (κ3) is 9.66. The molecule has 0 fully saturated rings. The smallest absolute Gasteiger partial charge is 0.423 e. The predicted molar refractivity (Wildman–Crippen MR) is 133 cm³/mol. The Labute approximate surface area is 319 Å². The van der Waals surface area contributed by atoms with Crippen LogP contribution >= 0.6 is 0 Å². The summed E-state index contributed by atoms with van der Waals surface area (Å²) in [4.78, 5) is 12.0. The average molecular weight is 987 g/mol. The number of ether oxygens (including phenoxy) is 4. The number of carbonyl (C=O) groups is 1. The van der Waals surface area contributed by atoms with Crippen molar-refractivity contribution in [2.75, 3.05) is 5.32 Å². The van der Waals surface area contributed by atoms with Gasteiger partial charge in [-0.15, -0.1) is 0 Å². The van der Waals surface area contributed by atoms with E-state index in [2.05, 4.69) is 11.3 Å². The summed E-state index contributed by atoms with van der Waals surface area (Å²) in [5.41, 5.74) is -8.61. The number of anilines is 1. The molecule has 1 rings (SSSR count). The van der Waals surface area contributed by atoms with Gasteiger partial charge in [0.1, 0.15) is 0 Å². The summed E-state index contributed by atoms with van der Waals surface area (Å²) in [6, 6.07) is -0.232. The van der Waals surface area contributed by atoms with Gasteiger partial charge in [-0.1, -0.05) is 18.7 Å². The Hall–Kier alpha value is -3.78. The highest BCUT2D eigenvalue weighted by molar-refractivity contribution is 6.59. The van der Waals surface area contributed by atoms with Gasteiger partial charge >= 0.3 is 91.8 Å². The molecule has 0 aliphatic rings. The molecule has 0 aromatic heterocycles. The molecule has 0 saturated carbocycles. The van der Waals surface area contributed by atoms with E-state index in [1.54, 1.807) is 0 Å². The number of nitrogens with one attached hydrogen (secondary N) is 1. The third-order valence-electron chi connectivity index (χ3n) is 6.71. The van der Waals surface area contributed by atoms with Gasteiger partial charge in [0.2, 0.25) is 0 Å². The number of amides is 1. The maximum atomic E-state index is 15.9. The second kappa shape index (κ2) is 16.0. The van der Waals surface area contributed by atoms with Crippen molar-refractivity contribution in [2.24, 2.45) is 0 Å². The van der Waals surface area contributed by atoms with Gasteiger partial charge in [0.05, 0.1) is 0 Å². The van der Waals surface area contributed by atoms with Crippen LogP contribution in [-0.4, -0.2) is 102 Å². The van der Waals surface area contributed by atoms with E-state index >= 15 is 17.6 Å². The van der Waals surface area contributed by atoms with Gasteiger partial charge in [-0.3, -0.25) is 23.7 Å². The van der Waals surface area contributed by atoms with Crippen LogP contribution in [0.15, 0.2) is 30.4 Å². The second-order valence-electron chi connectivity index (χ2n) is 11.3. The van der Waals surface area contributed by atoms with Crippen molar-refractivity contribution in [1.29, 1.82) is 0 Å². The average Bonchev–Trinajstić information content (AvgIpc) is 3.00. The first-order chi connectivity index (χ1) is 26.7. The van der Waals surface area contributed by atoms with E-state index in [0.29, 0.717) is 6.92 Å². The topological polar surface area (TPSA) is 106 Å². The maximum absolute atomic E-state index is 15.9. The molecule has 38 heteroatoms. The summed E-state index contributed by atoms with van der Waals surface area (Å²) in [6.07, 6.45) is -78.1. The lowest BCUT2D eigenvalue weighted by atomic mass is 9.74. The molecular formula is C24H11BF29NO7. The molecule has 4 atom stereocenters. The highest BCUT2D eigenvalue weighted by atomic mass is 19.4. The normalized spacial score (nSPS) is 18.6. The number of carbonyl (C=O) groups excluding carboxylic acids is 1. The van der Waals surface area contributed by atoms with Gasteiger partial charge in [-0.05, 0) is 18.5 Å². The Morgan fingerprint density at radius 3 is 1.11 bits per heavy atom. The van der Waals surface area contributed by atoms with Crippen LogP contribution in [0.5, 0.6) is 0 Å². The fourth-order valence-electron chi connectivity index (χ4n) is 3.71. The Kier molecular flexibility index (Phi) is 14.5. The zero-order valence-corrected chi connectivity index (χ0v) is 27.9. The highest BCUT2D eigenvalue weighted by Gasteiger charge is 2.90. The van der Waals surface area contributed by atoms with E-state index in [1.165, 1.54) is 0 Å². The molecule has 0 spiro atoms. The lowest BCUT2D eigenvalue weighted by Crippen LogP contribution is -2.72. The number of rotatable bonds is 16. The molecular weight excluding hydrogens is 976 g/mol. The van der Waals surface area contributed by atoms with Crippen LogP contribution < -0.4 is 10.8 Å². The lowest BCUT2D eigenvalue weighted by Gasteiger charge is -2.44. The molecule has 0 bridgehead atoms. The van der Waals surface area contributed by atoms with Gasteiger partial charge in [0.15, 0.2) is 0 Å². The summed E-state index contributed by atoms with van der Waals surface area (Å²) in [5, 5.41) is 19.8. The molecule has 360 valence electrons. The Balaban J connectivity index is 4.30. The Morgan fingerprint density at radius 1 is 0.516 bits per heavy atom. The summed E-state index contributed by atoms with van der Waals surface area (Å²) < 4.78 is 406. The molecule has 0 aliphatic heterocycles. The van der Waals surface area contributed by atoms with Gasteiger partial charge in [-0.25, -0.2) is 0 Å². The zero-order valence-electron chi connectivity index (χ0n) is 27.9. The van der Waals surface area contributed by atoms with Crippen LogP contribution in [0, 0.1) is 0 Å². The largest absolute Gasteiger partial charge is 0.489 e. The minimum Gasteiger partial charge on any atom is -0.423 e. The molecule has 0 saturated heterocycles. The van der Waals surface area contributed by atoms with Crippen LogP contribution in [0.4, 0.5) is 133 Å². The Morgan fingerprint density at radius 2 is 0.839 bits per heavy atom. The zero-order chi connectivity index (χ0) is 50.1. The van der Waals surface area contributed by atoms with Gasteiger partial charge in [0, 0.05) is 16.8 Å². The number of hydrogen-bond acceptors (Lipinski definition) is 7. The number of hydrogen-bond donors (Lipinski definition) is 3. The monoisotopic (exact) mass is 987 g/mol. The summed E-state index contributed by atoms with van der Waals surface area (Å²) >= 11 is 0. The van der Waals surface area contributed by atoms with Crippen molar-refractivity contribution in [3.63, 3.8) is 0 Å². The predicted octanol–water partition coefficient (Wildman–Crippen LogP) is 8.89. The first-order valence-electron chi connectivity index (χ1n) is 14.0. The Bertz CT molecular complexity index is 1810. The molecule has 0 aliphatic carbocycles. The van der Waals surface area contributed by atoms with Crippen LogP contribution in [0.3, 0.4) is 0 Å². The molecule has 3 N–H and O–H groups in total. The fraction of sp³-hybridized carbons (Fsp3) is 0.625. The quantitative estimate of drug-likeness (QED) is 0.0864. The first kappa shape index (κ1) is 56.2. The number of alkyl halides is 29. The summed E-state index contributed by atoms with van der Waals surface area (Å²) in [5.74, 6) is -45.1. The number of benzene rings is 1. The van der Waals surface area contributed by atoms with Crippen molar-refractivity contribution in [2.45, 2.75) is 91.6 Å². The molecule has 1 aromatic rings. The van der Waals surface area contributed by atoms with Crippen molar-refractivity contribution in [3.05, 3.63) is 35.9 Å². The van der Waals surface area contributed by atoms with Crippen LogP contribution in [0.1, 0.15) is 12.5 Å². The second-order valence-corrected chi connectivity index (χ2v) is 11.3. The molecule has 8 nitrogen and oxygen atoms in total. The van der Waals surface area contributed by atoms with Crippen molar-refractivity contribution < 1.29 is 161 Å². The van der Waals surface area contributed by atoms with E-state index in [9.17, 15) is 125 Å². The van der Waals surface area contributed by atoms with Crippen molar-refractivity contribution >= 4 is 24.2 Å². The molecule has 62 heavy (non-hydrogen) atoms. The molecule has 1 amide bonds. The standard InChI is InChI=1S/C24H11BF29NO7/c1-6(2)10(56)55-8-5-3-4-7(25(57)58)9(8)11(26,16(32,33)34)59-22(49,50)13(29,18(38,39)40)61-24(53,54)15(31,20(44,45)46)62-23(51,52)14(30,19(41,42)43)60-21(47,48)12(27,28)17(35,36)37/h3-5,57-58H,1H2,2H3,(H,55,56). The lowest BCUT2D eigenvalue weighted by molar-refractivity contribution is -0.593. The van der Waals surface area contributed by atoms with E-state index in [1.807, 2.05) is 0 Å². The first-order valence-corrected chi connectivity index (χ1v) is 14.0. The van der Waals surface area contributed by atoms with Crippen molar-refractivity contribution in [1.82, 2.24) is 0 Å². The molecule has 0 radical (unpaired) electrons. The molecule has 4 unspecified atom stereocenters. The minimum absolute atomic E-state index is 0.158. The molecule has 0 heterocycles. The third-order valence-corrected chi connectivity index (χ3v) is 6.71. The van der Waals surface area contributed by atoms with Crippen LogP contribution in [0.2, 0.25) is 0 Å². The van der Waals surface area contributed by atoms with E-state index in [4.69, 9.17) is 0 Å². The summed E-state index contributed by atoms with van der Waals surface area (Å²) in [6.45, 7) is 3.44. The minimum atomic E-state index is -9.32. The van der Waals surface area contributed by atoms with Gasteiger partial charge in [0.25, 0.3) is 5.91 Å². The van der Waals surface area contributed by atoms with Gasteiger partial charge in [-0.2, -0.15) is 127 Å².